The molecule has 150 valence electrons. The molecule has 1 N–H and O–H groups in total. The molecule has 8 heteroatoms. The van der Waals surface area contributed by atoms with Crippen molar-refractivity contribution >= 4 is 17.2 Å². The summed E-state index contributed by atoms with van der Waals surface area (Å²) in [5.41, 5.74) is 1.12. The van der Waals surface area contributed by atoms with Gasteiger partial charge in [-0.25, -0.2) is 4.98 Å². The molecule has 0 bridgehead atoms. The van der Waals surface area contributed by atoms with E-state index in [2.05, 4.69) is 16.9 Å². The van der Waals surface area contributed by atoms with Crippen LogP contribution in [-0.2, 0) is 12.8 Å². The molecule has 2 aromatic carbocycles. The van der Waals surface area contributed by atoms with Gasteiger partial charge in [-0.1, -0.05) is 18.2 Å². The topological polar surface area (TPSA) is 51.2 Å². The van der Waals surface area contributed by atoms with Crippen LogP contribution in [-0.4, -0.2) is 17.4 Å². The molecule has 1 heterocycles. The van der Waals surface area contributed by atoms with Crippen LogP contribution < -0.4 is 10.1 Å². The molecule has 3 rings (SSSR count). The molecular formula is C21H17F3N2O2S. The number of aromatic nitrogens is 1. The Morgan fingerprint density at radius 3 is 2.45 bits per heavy atom. The molecule has 0 aliphatic heterocycles. The number of rotatable bonds is 7. The van der Waals surface area contributed by atoms with Crippen LogP contribution in [0.3, 0.4) is 0 Å². The largest absolute Gasteiger partial charge is 0.489 e. The summed E-state index contributed by atoms with van der Waals surface area (Å²) in [7, 11) is 0. The molecule has 1 amide bonds. The number of nitrogens with zero attached hydrogens (tertiary/aromatic N) is 1. The van der Waals surface area contributed by atoms with E-state index in [0.717, 1.165) is 17.7 Å². The van der Waals surface area contributed by atoms with Crippen molar-refractivity contribution in [1.29, 1.82) is 0 Å². The first kappa shape index (κ1) is 20.6. The number of halogens is 3. The monoisotopic (exact) mass is 418 g/mol. The average molecular weight is 418 g/mol. The van der Waals surface area contributed by atoms with E-state index in [1.807, 2.05) is 12.1 Å². The van der Waals surface area contributed by atoms with Crippen LogP contribution in [0.5, 0.6) is 5.75 Å². The van der Waals surface area contributed by atoms with E-state index < -0.39 is 11.7 Å². The fraction of sp³-hybridized carbons (Fsp3) is 0.143. The Hall–Kier alpha value is -3.13. The van der Waals surface area contributed by atoms with Gasteiger partial charge in [0.2, 0.25) is 0 Å². The fourth-order valence-corrected chi connectivity index (χ4v) is 3.22. The summed E-state index contributed by atoms with van der Waals surface area (Å²) >= 11 is 1.35. The zero-order valence-electron chi connectivity index (χ0n) is 15.2. The SMILES string of the molecule is C=CCNC(=O)c1csc(-c2ccc(OCc3ccc(C(F)(F)F)cc3)cc2)n1. The Balaban J connectivity index is 1.60. The van der Waals surface area contributed by atoms with Gasteiger partial charge in [0.25, 0.3) is 5.91 Å². The number of hydrogen-bond donors (Lipinski definition) is 1. The van der Waals surface area contributed by atoms with Gasteiger partial charge in [-0.05, 0) is 42.0 Å². The molecule has 0 aliphatic carbocycles. The molecule has 29 heavy (non-hydrogen) atoms. The molecule has 0 fully saturated rings. The Morgan fingerprint density at radius 1 is 1.14 bits per heavy atom. The lowest BCUT2D eigenvalue weighted by Crippen LogP contribution is -2.23. The number of alkyl halides is 3. The van der Waals surface area contributed by atoms with Gasteiger partial charge in [0.05, 0.1) is 5.56 Å². The minimum Gasteiger partial charge on any atom is -0.489 e. The molecular weight excluding hydrogens is 401 g/mol. The summed E-state index contributed by atoms with van der Waals surface area (Å²) in [5, 5.41) is 5.05. The van der Waals surface area contributed by atoms with E-state index in [4.69, 9.17) is 4.74 Å². The van der Waals surface area contributed by atoms with E-state index >= 15 is 0 Å². The lowest BCUT2D eigenvalue weighted by atomic mass is 10.1. The second-order valence-corrected chi connectivity index (χ2v) is 6.90. The molecule has 0 unspecified atom stereocenters. The van der Waals surface area contributed by atoms with E-state index in [1.54, 1.807) is 23.6 Å². The maximum atomic E-state index is 12.6. The highest BCUT2D eigenvalue weighted by Gasteiger charge is 2.29. The maximum absolute atomic E-state index is 12.6. The van der Waals surface area contributed by atoms with Crippen LogP contribution >= 0.6 is 11.3 Å². The summed E-state index contributed by atoms with van der Waals surface area (Å²) < 4.78 is 43.4. The highest BCUT2D eigenvalue weighted by molar-refractivity contribution is 7.13. The van der Waals surface area contributed by atoms with Gasteiger partial charge in [0, 0.05) is 17.5 Å². The molecule has 4 nitrogen and oxygen atoms in total. The number of hydrogen-bond acceptors (Lipinski definition) is 4. The fourth-order valence-electron chi connectivity index (χ4n) is 2.42. The summed E-state index contributed by atoms with van der Waals surface area (Å²) in [6.45, 7) is 4.07. The maximum Gasteiger partial charge on any atom is 0.416 e. The molecule has 1 aromatic heterocycles. The third-order valence-corrected chi connectivity index (χ3v) is 4.82. The predicted octanol–water partition coefficient (Wildman–Crippen LogP) is 5.32. The molecule has 0 atom stereocenters. The standard InChI is InChI=1S/C21H17F3N2O2S/c1-2-11-25-19(27)18-13-29-20(26-18)15-5-9-17(10-6-15)28-12-14-3-7-16(8-4-14)21(22,23)24/h2-10,13H,1,11-12H2,(H,25,27). The predicted molar refractivity (Wildman–Crippen MR) is 106 cm³/mol. The summed E-state index contributed by atoms with van der Waals surface area (Å²) in [6, 6.07) is 12.0. The summed E-state index contributed by atoms with van der Waals surface area (Å²) in [6.07, 6.45) is -2.76. The number of carbonyl (C=O) groups excluding carboxylic acids is 1. The number of ether oxygens (including phenoxy) is 1. The number of carbonyl (C=O) groups is 1. The Labute approximate surface area is 169 Å². The lowest BCUT2D eigenvalue weighted by molar-refractivity contribution is -0.137. The highest BCUT2D eigenvalue weighted by Crippen LogP contribution is 2.29. The minimum atomic E-state index is -4.35. The number of nitrogens with one attached hydrogen (secondary N) is 1. The first-order chi connectivity index (χ1) is 13.9. The summed E-state index contributed by atoms with van der Waals surface area (Å²) in [4.78, 5) is 16.2. The van der Waals surface area contributed by atoms with E-state index in [1.165, 1.54) is 23.5 Å². The second kappa shape index (κ2) is 8.91. The van der Waals surface area contributed by atoms with Crippen LogP contribution in [0, 0.1) is 0 Å². The molecule has 0 aliphatic rings. The van der Waals surface area contributed by atoms with Crippen molar-refractivity contribution in [2.75, 3.05) is 6.54 Å². The smallest absolute Gasteiger partial charge is 0.416 e. The second-order valence-electron chi connectivity index (χ2n) is 6.04. The zero-order valence-corrected chi connectivity index (χ0v) is 16.0. The van der Waals surface area contributed by atoms with Gasteiger partial charge < -0.3 is 10.1 Å². The van der Waals surface area contributed by atoms with Crippen molar-refractivity contribution in [3.63, 3.8) is 0 Å². The molecule has 0 spiro atoms. The quantitative estimate of drug-likeness (QED) is 0.528. The van der Waals surface area contributed by atoms with Crippen molar-refractivity contribution in [1.82, 2.24) is 10.3 Å². The van der Waals surface area contributed by atoms with Crippen LogP contribution in [0.4, 0.5) is 13.2 Å². The molecule has 3 aromatic rings. The average Bonchev–Trinajstić information content (AvgIpc) is 3.21. The van der Waals surface area contributed by atoms with Crippen molar-refractivity contribution in [2.45, 2.75) is 12.8 Å². The van der Waals surface area contributed by atoms with Crippen LogP contribution in [0.15, 0.2) is 66.6 Å². The molecule has 0 saturated carbocycles. The Bertz CT molecular complexity index is 980. The Morgan fingerprint density at radius 2 is 1.83 bits per heavy atom. The summed E-state index contributed by atoms with van der Waals surface area (Å²) in [5.74, 6) is 0.318. The zero-order chi connectivity index (χ0) is 20.9. The van der Waals surface area contributed by atoms with Gasteiger partial charge in [0.15, 0.2) is 0 Å². The van der Waals surface area contributed by atoms with Gasteiger partial charge in [-0.3, -0.25) is 4.79 Å². The normalized spacial score (nSPS) is 11.1. The van der Waals surface area contributed by atoms with Crippen molar-refractivity contribution in [2.24, 2.45) is 0 Å². The number of thiazole rings is 1. The third kappa shape index (κ3) is 5.45. The van der Waals surface area contributed by atoms with Gasteiger partial charge >= 0.3 is 6.18 Å². The number of amides is 1. The van der Waals surface area contributed by atoms with E-state index in [9.17, 15) is 18.0 Å². The molecule has 0 radical (unpaired) electrons. The third-order valence-electron chi connectivity index (χ3n) is 3.93. The van der Waals surface area contributed by atoms with Gasteiger partial charge in [-0.2, -0.15) is 13.2 Å². The Kier molecular flexibility index (Phi) is 6.33. The van der Waals surface area contributed by atoms with E-state index in [-0.39, 0.29) is 12.5 Å². The van der Waals surface area contributed by atoms with Gasteiger partial charge in [-0.15, -0.1) is 17.9 Å². The van der Waals surface area contributed by atoms with Crippen molar-refractivity contribution in [3.05, 3.63) is 83.4 Å². The van der Waals surface area contributed by atoms with Gasteiger partial charge in [0.1, 0.15) is 23.1 Å². The van der Waals surface area contributed by atoms with Crippen LogP contribution in [0.1, 0.15) is 21.6 Å². The first-order valence-corrected chi connectivity index (χ1v) is 9.49. The minimum absolute atomic E-state index is 0.155. The number of benzene rings is 2. The highest BCUT2D eigenvalue weighted by atomic mass is 32.1. The molecule has 0 saturated heterocycles. The van der Waals surface area contributed by atoms with Crippen LogP contribution in [0.2, 0.25) is 0 Å². The van der Waals surface area contributed by atoms with E-state index in [0.29, 0.717) is 28.6 Å². The van der Waals surface area contributed by atoms with Crippen molar-refractivity contribution < 1.29 is 22.7 Å². The van der Waals surface area contributed by atoms with Crippen LogP contribution in [0.25, 0.3) is 10.6 Å². The lowest BCUT2D eigenvalue weighted by Gasteiger charge is -2.09. The van der Waals surface area contributed by atoms with Crippen molar-refractivity contribution in [3.8, 4) is 16.3 Å². The first-order valence-electron chi connectivity index (χ1n) is 8.61.